The second kappa shape index (κ2) is 9.81. The topological polar surface area (TPSA) is 48.5 Å². The van der Waals surface area contributed by atoms with Crippen LogP contribution in [0.5, 0.6) is 0 Å². The molecule has 6 heteroatoms. The van der Waals surface area contributed by atoms with Gasteiger partial charge in [-0.1, -0.05) is 33.1 Å². The van der Waals surface area contributed by atoms with E-state index in [-0.39, 0.29) is 5.91 Å². The molecular formula is C20H34N4OS. The molecule has 1 amide bonds. The molecule has 1 saturated heterocycles. The molecule has 146 valence electrons. The van der Waals surface area contributed by atoms with Crippen molar-refractivity contribution >= 4 is 17.2 Å². The van der Waals surface area contributed by atoms with Gasteiger partial charge in [0.2, 0.25) is 5.91 Å². The van der Waals surface area contributed by atoms with Gasteiger partial charge in [0, 0.05) is 50.6 Å². The van der Waals surface area contributed by atoms with Gasteiger partial charge in [0.15, 0.2) is 0 Å². The highest BCUT2D eigenvalue weighted by Gasteiger charge is 2.22. The predicted octanol–water partition coefficient (Wildman–Crippen LogP) is 3.08. The number of nitrogens with zero attached hydrogens (tertiary/aromatic N) is 3. The third-order valence-corrected chi connectivity index (χ3v) is 6.51. The Bertz CT molecular complexity index is 560. The number of carbonyl (C=O) groups is 1. The summed E-state index contributed by atoms with van der Waals surface area (Å²) in [6, 6.07) is 0. The Labute approximate surface area is 162 Å². The Hall–Kier alpha value is -0.980. The lowest BCUT2D eigenvalue weighted by molar-refractivity contribution is -0.122. The highest BCUT2D eigenvalue weighted by molar-refractivity contribution is 7.09. The zero-order valence-electron chi connectivity index (χ0n) is 16.4. The summed E-state index contributed by atoms with van der Waals surface area (Å²) in [5.74, 6) is 1.37. The molecule has 0 unspecified atom stereocenters. The summed E-state index contributed by atoms with van der Waals surface area (Å²) < 4.78 is 0. The highest BCUT2D eigenvalue weighted by Crippen LogP contribution is 2.34. The van der Waals surface area contributed by atoms with Crippen LogP contribution in [0.15, 0.2) is 5.38 Å². The fourth-order valence-corrected chi connectivity index (χ4v) is 4.83. The molecule has 2 aliphatic rings. The molecule has 26 heavy (non-hydrogen) atoms. The minimum absolute atomic E-state index is 0.156. The fourth-order valence-electron chi connectivity index (χ4n) is 3.84. The lowest BCUT2D eigenvalue weighted by atomic mass is 9.90. The first-order valence-electron chi connectivity index (χ1n) is 10.3. The Morgan fingerprint density at radius 2 is 1.88 bits per heavy atom. The van der Waals surface area contributed by atoms with Crippen molar-refractivity contribution in [3.8, 4) is 0 Å². The average molecular weight is 379 g/mol. The third-order valence-electron chi connectivity index (χ3n) is 5.45. The van der Waals surface area contributed by atoms with Gasteiger partial charge in [-0.2, -0.15) is 0 Å². The second-order valence-corrected chi connectivity index (χ2v) is 9.15. The lowest BCUT2D eigenvalue weighted by Crippen LogP contribution is -2.49. The number of thiazole rings is 1. The molecule has 1 aliphatic carbocycles. The van der Waals surface area contributed by atoms with Crippen LogP contribution in [-0.4, -0.2) is 60.0 Å². The summed E-state index contributed by atoms with van der Waals surface area (Å²) >= 11 is 1.86. The lowest BCUT2D eigenvalue weighted by Gasteiger charge is -2.33. The van der Waals surface area contributed by atoms with Gasteiger partial charge in [-0.3, -0.25) is 14.6 Å². The van der Waals surface area contributed by atoms with E-state index in [4.69, 9.17) is 4.98 Å². The van der Waals surface area contributed by atoms with Crippen LogP contribution in [0.25, 0.3) is 0 Å². The largest absolute Gasteiger partial charge is 0.355 e. The molecule has 0 radical (unpaired) electrons. The quantitative estimate of drug-likeness (QED) is 0.792. The first-order chi connectivity index (χ1) is 12.6. The summed E-state index contributed by atoms with van der Waals surface area (Å²) in [5.41, 5.74) is 1.23. The molecular weight excluding hydrogens is 344 g/mol. The molecule has 0 aromatic carbocycles. The number of hydrogen-bond donors (Lipinski definition) is 1. The van der Waals surface area contributed by atoms with Gasteiger partial charge in [0.05, 0.1) is 17.2 Å². The third kappa shape index (κ3) is 6.03. The smallest absolute Gasteiger partial charge is 0.234 e. The maximum atomic E-state index is 12.0. The van der Waals surface area contributed by atoms with Crippen LogP contribution < -0.4 is 5.32 Å². The second-order valence-electron chi connectivity index (χ2n) is 8.26. The molecule has 5 nitrogen and oxygen atoms in total. The predicted molar refractivity (Wildman–Crippen MR) is 108 cm³/mol. The monoisotopic (exact) mass is 378 g/mol. The van der Waals surface area contributed by atoms with Crippen molar-refractivity contribution in [2.24, 2.45) is 5.92 Å². The first kappa shape index (κ1) is 19.8. The van der Waals surface area contributed by atoms with Crippen LogP contribution in [0.4, 0.5) is 0 Å². The molecule has 3 rings (SSSR count). The van der Waals surface area contributed by atoms with Crippen LogP contribution in [0.2, 0.25) is 0 Å². The van der Waals surface area contributed by atoms with Crippen LogP contribution in [0.3, 0.4) is 0 Å². The first-order valence-corrected chi connectivity index (χ1v) is 11.1. The van der Waals surface area contributed by atoms with Crippen molar-refractivity contribution < 1.29 is 4.79 Å². The van der Waals surface area contributed by atoms with Crippen molar-refractivity contribution in [1.29, 1.82) is 0 Å². The van der Waals surface area contributed by atoms with Crippen LogP contribution >= 0.6 is 11.3 Å². The van der Waals surface area contributed by atoms with E-state index in [1.54, 1.807) is 0 Å². The molecule has 1 aliphatic heterocycles. The summed E-state index contributed by atoms with van der Waals surface area (Å²) in [5, 5.41) is 6.63. The van der Waals surface area contributed by atoms with E-state index < -0.39 is 0 Å². The van der Waals surface area contributed by atoms with E-state index in [0.717, 1.165) is 39.3 Å². The van der Waals surface area contributed by atoms with Gasteiger partial charge in [-0.05, 0) is 18.8 Å². The normalized spacial score (nSPS) is 20.6. The van der Waals surface area contributed by atoms with E-state index in [2.05, 4.69) is 34.3 Å². The van der Waals surface area contributed by atoms with E-state index in [0.29, 0.717) is 18.4 Å². The van der Waals surface area contributed by atoms with Crippen molar-refractivity contribution in [3.63, 3.8) is 0 Å². The van der Waals surface area contributed by atoms with Gasteiger partial charge in [0.1, 0.15) is 0 Å². The van der Waals surface area contributed by atoms with Crippen LogP contribution in [0.1, 0.15) is 62.6 Å². The maximum absolute atomic E-state index is 12.0. The van der Waals surface area contributed by atoms with E-state index >= 15 is 0 Å². The number of carbonyl (C=O) groups excluding carboxylic acids is 1. The number of amides is 1. The molecule has 0 bridgehead atoms. The Morgan fingerprint density at radius 3 is 2.58 bits per heavy atom. The minimum atomic E-state index is 0.156. The van der Waals surface area contributed by atoms with E-state index in [9.17, 15) is 4.79 Å². The Kier molecular flexibility index (Phi) is 7.46. The van der Waals surface area contributed by atoms with Gasteiger partial charge >= 0.3 is 0 Å². The van der Waals surface area contributed by atoms with Gasteiger partial charge in [0.25, 0.3) is 0 Å². The number of rotatable bonds is 7. The highest BCUT2D eigenvalue weighted by atomic mass is 32.1. The summed E-state index contributed by atoms with van der Waals surface area (Å²) in [7, 11) is 0. The molecule has 2 fully saturated rings. The summed E-state index contributed by atoms with van der Waals surface area (Å²) in [6.07, 6.45) is 6.78. The molecule has 1 saturated carbocycles. The van der Waals surface area contributed by atoms with Gasteiger partial charge in [-0.25, -0.2) is 4.98 Å². The molecule has 1 N–H and O–H groups in total. The number of piperazine rings is 1. The molecule has 2 heterocycles. The number of hydrogen-bond acceptors (Lipinski definition) is 5. The molecule has 0 spiro atoms. The van der Waals surface area contributed by atoms with Crippen molar-refractivity contribution in [2.45, 2.75) is 58.4 Å². The van der Waals surface area contributed by atoms with Crippen molar-refractivity contribution in [1.82, 2.24) is 20.1 Å². The zero-order chi connectivity index (χ0) is 18.4. The Morgan fingerprint density at radius 1 is 1.19 bits per heavy atom. The van der Waals surface area contributed by atoms with Gasteiger partial charge < -0.3 is 5.32 Å². The Balaban J connectivity index is 1.39. The number of nitrogens with one attached hydrogen (secondary N) is 1. The van der Waals surface area contributed by atoms with Crippen LogP contribution in [0, 0.1) is 5.92 Å². The number of aromatic nitrogens is 1. The molecule has 0 atom stereocenters. The average Bonchev–Trinajstić information content (AvgIpc) is 3.11. The minimum Gasteiger partial charge on any atom is -0.355 e. The van der Waals surface area contributed by atoms with Crippen molar-refractivity contribution in [2.75, 3.05) is 39.3 Å². The zero-order valence-corrected chi connectivity index (χ0v) is 17.2. The maximum Gasteiger partial charge on any atom is 0.234 e. The van der Waals surface area contributed by atoms with Crippen LogP contribution in [-0.2, 0) is 11.3 Å². The molecule has 1 aromatic heterocycles. The standard InChI is InChI=1S/C20H34N4OS/c1-16(2)12-21-19(25)14-24-10-8-23(9-11-24)13-18-15-26-20(22-18)17-6-4-3-5-7-17/h15-17H,3-14H2,1-2H3,(H,21,25). The molecule has 1 aromatic rings. The summed E-state index contributed by atoms with van der Waals surface area (Å²) in [6.45, 7) is 10.5. The summed E-state index contributed by atoms with van der Waals surface area (Å²) in [4.78, 5) is 21.6. The fraction of sp³-hybridized carbons (Fsp3) is 0.800. The van der Waals surface area contributed by atoms with Gasteiger partial charge in [-0.15, -0.1) is 11.3 Å². The van der Waals surface area contributed by atoms with Crippen molar-refractivity contribution in [3.05, 3.63) is 16.1 Å². The SMILES string of the molecule is CC(C)CNC(=O)CN1CCN(Cc2csc(C3CCCCC3)n2)CC1. The van der Waals surface area contributed by atoms with E-state index in [1.165, 1.54) is 42.8 Å². The van der Waals surface area contributed by atoms with E-state index in [1.807, 2.05) is 11.3 Å².